The monoisotopic (exact) mass is 172 g/mol. The molecule has 0 aliphatic carbocycles. The molecule has 2 aliphatic rings. The molecule has 12 heavy (non-hydrogen) atoms. The molecule has 0 aromatic heterocycles. The summed E-state index contributed by atoms with van der Waals surface area (Å²) in [7, 11) is 0. The van der Waals surface area contributed by atoms with Gasteiger partial charge in [0, 0.05) is 6.42 Å². The Morgan fingerprint density at radius 2 is 2.00 bits per heavy atom. The normalized spacial score (nSPS) is 33.8. The topological polar surface area (TPSA) is 44.8 Å². The fraction of sp³-hybridized carbons (Fsp3) is 0.875. The minimum Gasteiger partial charge on any atom is -0.465 e. The zero-order chi connectivity index (χ0) is 8.60. The van der Waals surface area contributed by atoms with Crippen LogP contribution >= 0.6 is 0 Å². The molecule has 1 atom stereocenters. The minimum absolute atomic E-state index is 0.195. The molecule has 0 radical (unpaired) electrons. The van der Waals surface area contributed by atoms with Crippen LogP contribution in [0.5, 0.6) is 0 Å². The molecule has 1 unspecified atom stereocenters. The Bertz CT molecular complexity index is 195. The number of cyclic esters (lactones) is 1. The predicted molar refractivity (Wildman–Crippen MR) is 39.4 cm³/mol. The number of carbonyl (C=O) groups is 1. The van der Waals surface area contributed by atoms with Gasteiger partial charge in [0.2, 0.25) is 0 Å². The van der Waals surface area contributed by atoms with Crippen LogP contribution in [0.15, 0.2) is 0 Å². The van der Waals surface area contributed by atoms with Crippen LogP contribution in [-0.4, -0.2) is 31.6 Å². The predicted octanol–water partition coefficient (Wildman–Crippen LogP) is 0.312. The maximum Gasteiger partial charge on any atom is 0.314 e. The summed E-state index contributed by atoms with van der Waals surface area (Å²) >= 11 is 0. The zero-order valence-electron chi connectivity index (χ0n) is 7.04. The van der Waals surface area contributed by atoms with Crippen LogP contribution in [0.1, 0.15) is 13.3 Å². The summed E-state index contributed by atoms with van der Waals surface area (Å²) in [4.78, 5) is 11.2. The highest BCUT2D eigenvalue weighted by molar-refractivity contribution is 5.75. The van der Waals surface area contributed by atoms with E-state index in [0.717, 1.165) is 0 Å². The van der Waals surface area contributed by atoms with Crippen LogP contribution in [0.4, 0.5) is 0 Å². The number of hydrogen-bond acceptors (Lipinski definition) is 4. The van der Waals surface area contributed by atoms with Crippen molar-refractivity contribution in [3.8, 4) is 0 Å². The van der Waals surface area contributed by atoms with E-state index >= 15 is 0 Å². The zero-order valence-corrected chi connectivity index (χ0v) is 7.04. The van der Waals surface area contributed by atoms with Gasteiger partial charge in [-0.05, 0) is 6.92 Å². The third kappa shape index (κ3) is 1.11. The van der Waals surface area contributed by atoms with Gasteiger partial charge in [-0.15, -0.1) is 0 Å². The Labute approximate surface area is 70.8 Å². The first-order valence-electron chi connectivity index (χ1n) is 4.17. The molecular formula is C8H12O4. The molecule has 0 aromatic rings. The minimum atomic E-state index is -0.729. The molecule has 4 heteroatoms. The second-order valence-electron chi connectivity index (χ2n) is 3.22. The number of hydrogen-bond donors (Lipinski definition) is 0. The van der Waals surface area contributed by atoms with Crippen molar-refractivity contribution in [3.05, 3.63) is 0 Å². The van der Waals surface area contributed by atoms with E-state index in [-0.39, 0.29) is 11.9 Å². The van der Waals surface area contributed by atoms with Gasteiger partial charge < -0.3 is 14.2 Å². The summed E-state index contributed by atoms with van der Waals surface area (Å²) in [5, 5.41) is 0. The standard InChI is InChI=1S/C8H12O4/c1-8(11-4-5-12-8)6-2-3-10-7(6)9/h6H,2-5H2,1H3. The first kappa shape index (κ1) is 8.01. The van der Waals surface area contributed by atoms with E-state index in [9.17, 15) is 4.79 Å². The lowest BCUT2D eigenvalue weighted by molar-refractivity contribution is -0.189. The average Bonchev–Trinajstić information content (AvgIpc) is 2.59. The van der Waals surface area contributed by atoms with Gasteiger partial charge in [0.05, 0.1) is 19.8 Å². The average molecular weight is 172 g/mol. The largest absolute Gasteiger partial charge is 0.465 e. The fourth-order valence-corrected chi connectivity index (χ4v) is 1.70. The van der Waals surface area contributed by atoms with E-state index in [4.69, 9.17) is 14.2 Å². The molecule has 2 fully saturated rings. The molecule has 0 bridgehead atoms. The molecule has 0 saturated carbocycles. The van der Waals surface area contributed by atoms with E-state index in [2.05, 4.69) is 0 Å². The number of ether oxygens (including phenoxy) is 3. The Balaban J connectivity index is 2.11. The highest BCUT2D eigenvalue weighted by atomic mass is 16.7. The van der Waals surface area contributed by atoms with Gasteiger partial charge in [0.25, 0.3) is 0 Å². The smallest absolute Gasteiger partial charge is 0.314 e. The van der Waals surface area contributed by atoms with E-state index in [1.165, 1.54) is 0 Å². The van der Waals surface area contributed by atoms with Crippen molar-refractivity contribution >= 4 is 5.97 Å². The highest BCUT2D eigenvalue weighted by Gasteiger charge is 2.47. The maximum atomic E-state index is 11.2. The van der Waals surface area contributed by atoms with Crippen molar-refractivity contribution in [2.45, 2.75) is 19.1 Å². The summed E-state index contributed by atoms with van der Waals surface area (Å²) in [5.74, 6) is -1.16. The molecule has 4 nitrogen and oxygen atoms in total. The quantitative estimate of drug-likeness (QED) is 0.534. The molecule has 0 amide bonds. The van der Waals surface area contributed by atoms with Crippen LogP contribution in [0.25, 0.3) is 0 Å². The van der Waals surface area contributed by atoms with Crippen molar-refractivity contribution in [2.24, 2.45) is 5.92 Å². The maximum absolute atomic E-state index is 11.2. The Morgan fingerprint density at radius 1 is 1.33 bits per heavy atom. The van der Waals surface area contributed by atoms with Gasteiger partial charge in [-0.25, -0.2) is 0 Å². The van der Waals surface area contributed by atoms with Crippen molar-refractivity contribution < 1.29 is 19.0 Å². The fourth-order valence-electron chi connectivity index (χ4n) is 1.70. The molecule has 2 saturated heterocycles. The van der Waals surface area contributed by atoms with Crippen molar-refractivity contribution in [2.75, 3.05) is 19.8 Å². The third-order valence-electron chi connectivity index (χ3n) is 2.43. The second-order valence-corrected chi connectivity index (χ2v) is 3.22. The van der Waals surface area contributed by atoms with Gasteiger partial charge in [-0.3, -0.25) is 4.79 Å². The number of carbonyl (C=O) groups excluding carboxylic acids is 1. The summed E-state index contributed by atoms with van der Waals surface area (Å²) < 4.78 is 15.6. The molecule has 2 heterocycles. The molecule has 2 rings (SSSR count). The first-order valence-corrected chi connectivity index (χ1v) is 4.17. The Hall–Kier alpha value is -0.610. The number of rotatable bonds is 1. The first-order chi connectivity index (χ1) is 5.72. The van der Waals surface area contributed by atoms with E-state index < -0.39 is 5.79 Å². The third-order valence-corrected chi connectivity index (χ3v) is 2.43. The van der Waals surface area contributed by atoms with Crippen molar-refractivity contribution in [3.63, 3.8) is 0 Å². The van der Waals surface area contributed by atoms with Gasteiger partial charge >= 0.3 is 5.97 Å². The Kier molecular flexibility index (Phi) is 1.81. The summed E-state index contributed by atoms with van der Waals surface area (Å²) in [6.07, 6.45) is 0.704. The molecule has 68 valence electrons. The lowest BCUT2D eigenvalue weighted by Crippen LogP contribution is -2.38. The van der Waals surface area contributed by atoms with Crippen LogP contribution in [0.3, 0.4) is 0 Å². The van der Waals surface area contributed by atoms with Gasteiger partial charge in [0.1, 0.15) is 5.92 Å². The van der Waals surface area contributed by atoms with E-state index in [1.807, 2.05) is 0 Å². The van der Waals surface area contributed by atoms with Crippen molar-refractivity contribution in [1.82, 2.24) is 0 Å². The van der Waals surface area contributed by atoms with Crippen molar-refractivity contribution in [1.29, 1.82) is 0 Å². The molecule has 2 aliphatic heterocycles. The SMILES string of the molecule is CC1(C2CCOC2=O)OCCO1. The van der Waals surface area contributed by atoms with Crippen LogP contribution in [0.2, 0.25) is 0 Å². The van der Waals surface area contributed by atoms with Gasteiger partial charge in [0.15, 0.2) is 5.79 Å². The van der Waals surface area contributed by atoms with E-state index in [1.54, 1.807) is 6.92 Å². The van der Waals surface area contributed by atoms with Gasteiger partial charge in [-0.2, -0.15) is 0 Å². The molecule has 0 N–H and O–H groups in total. The molecule has 0 spiro atoms. The lowest BCUT2D eigenvalue weighted by Gasteiger charge is -2.25. The van der Waals surface area contributed by atoms with Crippen LogP contribution in [0, 0.1) is 5.92 Å². The van der Waals surface area contributed by atoms with E-state index in [0.29, 0.717) is 26.2 Å². The summed E-state index contributed by atoms with van der Waals surface area (Å²) in [6.45, 7) is 3.43. The molecular weight excluding hydrogens is 160 g/mol. The second kappa shape index (κ2) is 2.71. The summed E-state index contributed by atoms with van der Waals surface area (Å²) in [5.41, 5.74) is 0. The number of esters is 1. The molecule has 0 aromatic carbocycles. The highest BCUT2D eigenvalue weighted by Crippen LogP contribution is 2.33. The van der Waals surface area contributed by atoms with Gasteiger partial charge in [-0.1, -0.05) is 0 Å². The van der Waals surface area contributed by atoms with Crippen LogP contribution in [-0.2, 0) is 19.0 Å². The van der Waals surface area contributed by atoms with Crippen LogP contribution < -0.4 is 0 Å². The Morgan fingerprint density at radius 3 is 2.50 bits per heavy atom. The summed E-state index contributed by atoms with van der Waals surface area (Å²) in [6, 6.07) is 0. The lowest BCUT2D eigenvalue weighted by atomic mass is 9.99.